The van der Waals surface area contributed by atoms with Gasteiger partial charge in [0.25, 0.3) is 11.8 Å². The number of aromatic nitrogens is 2. The van der Waals surface area contributed by atoms with Crippen molar-refractivity contribution in [3.8, 4) is 0 Å². The van der Waals surface area contributed by atoms with E-state index >= 15 is 0 Å². The van der Waals surface area contributed by atoms with Crippen LogP contribution >= 0.6 is 0 Å². The Hall–Kier alpha value is -4.01. The summed E-state index contributed by atoms with van der Waals surface area (Å²) < 4.78 is 14.1. The largest absolute Gasteiger partial charge is 0.326 e. The number of hydrogen-bond acceptors (Lipinski definition) is 4. The van der Waals surface area contributed by atoms with E-state index in [9.17, 15) is 23.6 Å². The Morgan fingerprint density at radius 3 is 1.55 bits per heavy atom. The van der Waals surface area contributed by atoms with Crippen molar-refractivity contribution >= 4 is 23.2 Å². The molecule has 160 valence electrons. The number of halogens is 1. The Morgan fingerprint density at radius 1 is 0.742 bits per heavy atom. The first-order chi connectivity index (χ1) is 14.8. The van der Waals surface area contributed by atoms with Crippen LogP contribution in [0.15, 0.2) is 52.1 Å². The standard InChI is InChI=1S/C22H21FN4O4/c1-3-15-5-12(7-19(28)24-15)21(30)26-17-9-14(23)10-18(11-17)27-22(31)13-6-16(4-2)25-20(29)8-13/h5-11H,3-4H2,1-2H3,(H,24,28)(H,25,29)(H,26,30)(H,27,31). The number of carbonyl (C=O) groups is 2. The number of pyridine rings is 2. The minimum atomic E-state index is -0.687. The Balaban J connectivity index is 1.82. The second-order valence-corrected chi connectivity index (χ2v) is 6.86. The van der Waals surface area contributed by atoms with E-state index < -0.39 is 28.8 Å². The summed E-state index contributed by atoms with van der Waals surface area (Å²) in [5, 5.41) is 5.04. The molecular weight excluding hydrogens is 403 g/mol. The van der Waals surface area contributed by atoms with Gasteiger partial charge in [-0.1, -0.05) is 13.8 Å². The highest BCUT2D eigenvalue weighted by atomic mass is 19.1. The lowest BCUT2D eigenvalue weighted by molar-refractivity contribution is 0.101. The molecule has 31 heavy (non-hydrogen) atoms. The van der Waals surface area contributed by atoms with E-state index in [-0.39, 0.29) is 22.5 Å². The number of hydrogen-bond donors (Lipinski definition) is 4. The van der Waals surface area contributed by atoms with Crippen LogP contribution in [0, 0.1) is 5.82 Å². The average Bonchev–Trinajstić information content (AvgIpc) is 2.72. The highest BCUT2D eigenvalue weighted by molar-refractivity contribution is 6.06. The summed E-state index contributed by atoms with van der Waals surface area (Å²) in [6.07, 6.45) is 1.07. The molecule has 0 unspecified atom stereocenters. The van der Waals surface area contributed by atoms with Crippen molar-refractivity contribution in [2.75, 3.05) is 10.6 Å². The first-order valence-electron chi connectivity index (χ1n) is 9.67. The molecule has 0 atom stereocenters. The number of amides is 2. The van der Waals surface area contributed by atoms with Gasteiger partial charge in [0.2, 0.25) is 11.1 Å². The fourth-order valence-electron chi connectivity index (χ4n) is 2.99. The number of aromatic amines is 2. The zero-order chi connectivity index (χ0) is 22.5. The number of nitrogens with one attached hydrogen (secondary N) is 4. The molecule has 2 amide bonds. The van der Waals surface area contributed by atoms with Crippen LogP contribution in [0.5, 0.6) is 0 Å². The van der Waals surface area contributed by atoms with Crippen LogP contribution in [0.2, 0.25) is 0 Å². The van der Waals surface area contributed by atoms with Gasteiger partial charge in [0.15, 0.2) is 0 Å². The Labute approximate surface area is 176 Å². The average molecular weight is 424 g/mol. The highest BCUT2D eigenvalue weighted by Gasteiger charge is 2.13. The summed E-state index contributed by atoms with van der Waals surface area (Å²) in [6, 6.07) is 8.92. The minimum absolute atomic E-state index is 0.0961. The number of rotatable bonds is 6. The Bertz CT molecular complexity index is 1170. The van der Waals surface area contributed by atoms with Crippen LogP contribution in [0.3, 0.4) is 0 Å². The fourth-order valence-corrected chi connectivity index (χ4v) is 2.99. The van der Waals surface area contributed by atoms with Crippen LogP contribution in [-0.2, 0) is 12.8 Å². The molecule has 3 aromatic rings. The first-order valence-corrected chi connectivity index (χ1v) is 9.67. The molecule has 0 saturated heterocycles. The molecule has 0 aliphatic rings. The van der Waals surface area contributed by atoms with E-state index in [1.165, 1.54) is 18.2 Å². The predicted octanol–water partition coefficient (Wildman–Crippen LogP) is 2.83. The summed E-state index contributed by atoms with van der Waals surface area (Å²) in [5.41, 5.74) is 0.806. The van der Waals surface area contributed by atoms with E-state index in [0.29, 0.717) is 24.2 Å². The molecule has 0 aliphatic carbocycles. The van der Waals surface area contributed by atoms with E-state index in [0.717, 1.165) is 24.3 Å². The first kappa shape index (κ1) is 21.7. The molecule has 0 bridgehead atoms. The molecule has 4 N–H and O–H groups in total. The number of anilines is 2. The third-order valence-corrected chi connectivity index (χ3v) is 4.50. The van der Waals surface area contributed by atoms with Crippen molar-refractivity contribution < 1.29 is 14.0 Å². The molecule has 0 saturated carbocycles. The number of aryl methyl sites for hydroxylation is 2. The Kier molecular flexibility index (Phi) is 6.44. The van der Waals surface area contributed by atoms with Gasteiger partial charge < -0.3 is 20.6 Å². The van der Waals surface area contributed by atoms with Crippen molar-refractivity contribution in [1.29, 1.82) is 0 Å². The highest BCUT2D eigenvalue weighted by Crippen LogP contribution is 2.20. The fraction of sp³-hybridized carbons (Fsp3) is 0.182. The zero-order valence-electron chi connectivity index (χ0n) is 17.0. The number of H-pyrrole nitrogens is 2. The van der Waals surface area contributed by atoms with Gasteiger partial charge in [-0.05, 0) is 43.2 Å². The van der Waals surface area contributed by atoms with Crippen molar-refractivity contribution in [3.63, 3.8) is 0 Å². The van der Waals surface area contributed by atoms with Gasteiger partial charge in [-0.25, -0.2) is 4.39 Å². The van der Waals surface area contributed by atoms with Gasteiger partial charge in [0, 0.05) is 46.0 Å². The van der Waals surface area contributed by atoms with Crippen LogP contribution in [0.1, 0.15) is 46.0 Å². The van der Waals surface area contributed by atoms with Crippen LogP contribution in [0.25, 0.3) is 0 Å². The third kappa shape index (κ3) is 5.53. The van der Waals surface area contributed by atoms with Crippen molar-refractivity contribution in [1.82, 2.24) is 9.97 Å². The van der Waals surface area contributed by atoms with Gasteiger partial charge in [-0.15, -0.1) is 0 Å². The summed E-state index contributed by atoms with van der Waals surface area (Å²) in [5.74, 6) is -1.87. The minimum Gasteiger partial charge on any atom is -0.326 e. The van der Waals surface area contributed by atoms with Gasteiger partial charge >= 0.3 is 0 Å². The summed E-state index contributed by atoms with van der Waals surface area (Å²) in [4.78, 5) is 53.6. The smallest absolute Gasteiger partial charge is 0.255 e. The molecule has 9 heteroatoms. The van der Waals surface area contributed by atoms with E-state index in [1.807, 2.05) is 13.8 Å². The van der Waals surface area contributed by atoms with Crippen molar-refractivity contribution in [3.05, 3.63) is 91.5 Å². The number of carbonyl (C=O) groups excluding carboxylic acids is 2. The molecule has 0 spiro atoms. The lowest BCUT2D eigenvalue weighted by Gasteiger charge is -2.10. The van der Waals surface area contributed by atoms with Gasteiger partial charge in [0.1, 0.15) is 5.82 Å². The molecule has 0 fully saturated rings. The summed E-state index contributed by atoms with van der Waals surface area (Å²) in [6.45, 7) is 3.66. The van der Waals surface area contributed by atoms with E-state index in [4.69, 9.17) is 0 Å². The maximum Gasteiger partial charge on any atom is 0.255 e. The third-order valence-electron chi connectivity index (χ3n) is 4.50. The van der Waals surface area contributed by atoms with Crippen molar-refractivity contribution in [2.24, 2.45) is 0 Å². The monoisotopic (exact) mass is 424 g/mol. The Morgan fingerprint density at radius 2 is 1.16 bits per heavy atom. The molecule has 0 aliphatic heterocycles. The van der Waals surface area contributed by atoms with Gasteiger partial charge in [-0.2, -0.15) is 0 Å². The summed E-state index contributed by atoms with van der Waals surface area (Å²) in [7, 11) is 0. The molecule has 8 nitrogen and oxygen atoms in total. The second kappa shape index (κ2) is 9.21. The lowest BCUT2D eigenvalue weighted by Crippen LogP contribution is -2.19. The van der Waals surface area contributed by atoms with Crippen LogP contribution < -0.4 is 21.8 Å². The normalized spacial score (nSPS) is 10.5. The molecule has 2 aromatic heterocycles. The van der Waals surface area contributed by atoms with Crippen molar-refractivity contribution in [2.45, 2.75) is 26.7 Å². The van der Waals surface area contributed by atoms with Gasteiger partial charge in [-0.3, -0.25) is 19.2 Å². The lowest BCUT2D eigenvalue weighted by atomic mass is 10.1. The van der Waals surface area contributed by atoms with E-state index in [2.05, 4.69) is 20.6 Å². The summed E-state index contributed by atoms with van der Waals surface area (Å²) >= 11 is 0. The molecule has 2 heterocycles. The topological polar surface area (TPSA) is 124 Å². The SMILES string of the molecule is CCc1cc(C(=O)Nc2cc(F)cc(NC(=O)c3cc(CC)[nH]c(=O)c3)c2)cc(=O)[nH]1. The molecule has 1 aromatic carbocycles. The molecule has 3 rings (SSSR count). The zero-order valence-corrected chi connectivity index (χ0v) is 17.0. The quantitative estimate of drug-likeness (QED) is 0.486. The second-order valence-electron chi connectivity index (χ2n) is 6.86. The maximum absolute atomic E-state index is 14.1. The van der Waals surface area contributed by atoms with Crippen LogP contribution in [0.4, 0.5) is 15.8 Å². The van der Waals surface area contributed by atoms with Crippen LogP contribution in [-0.4, -0.2) is 21.8 Å². The maximum atomic E-state index is 14.1. The molecule has 0 radical (unpaired) electrons. The van der Waals surface area contributed by atoms with Gasteiger partial charge in [0.05, 0.1) is 0 Å². The van der Waals surface area contributed by atoms with E-state index in [1.54, 1.807) is 0 Å². The predicted molar refractivity (Wildman–Crippen MR) is 115 cm³/mol. The number of benzene rings is 1. The molecular formula is C22H21FN4O4.